The molecule has 2 heterocycles. The van der Waals surface area contributed by atoms with Crippen LogP contribution < -0.4 is 16.0 Å². The predicted molar refractivity (Wildman–Crippen MR) is 94.3 cm³/mol. The van der Waals surface area contributed by atoms with E-state index in [-0.39, 0.29) is 6.04 Å². The molecular formula is C15H21BrN6O2. The van der Waals surface area contributed by atoms with Gasteiger partial charge in [0.25, 0.3) is 0 Å². The smallest absolute Gasteiger partial charge is 0.407 e. The summed E-state index contributed by atoms with van der Waals surface area (Å²) >= 11 is 3.73. The van der Waals surface area contributed by atoms with Crippen molar-refractivity contribution in [1.29, 1.82) is 0 Å². The van der Waals surface area contributed by atoms with Crippen molar-refractivity contribution >= 4 is 33.8 Å². The molecule has 0 spiro atoms. The number of alkyl carbamates (subject to hydrolysis) is 1. The summed E-state index contributed by atoms with van der Waals surface area (Å²) in [6.45, 7) is 2.97. The molecule has 24 heavy (non-hydrogen) atoms. The number of rotatable bonds is 6. The van der Waals surface area contributed by atoms with Gasteiger partial charge in [-0.2, -0.15) is 0 Å². The maximum absolute atomic E-state index is 11.2. The van der Waals surface area contributed by atoms with Crippen LogP contribution in [-0.2, 0) is 9.19 Å². The molecule has 0 saturated heterocycles. The Kier molecular flexibility index (Phi) is 4.88. The van der Waals surface area contributed by atoms with E-state index in [4.69, 9.17) is 0 Å². The molecule has 1 aliphatic carbocycles. The lowest BCUT2D eigenvalue weighted by molar-refractivity contribution is 0.168. The molecule has 8 nitrogen and oxygen atoms in total. The van der Waals surface area contributed by atoms with Crippen molar-refractivity contribution < 1.29 is 9.53 Å². The van der Waals surface area contributed by atoms with Gasteiger partial charge in [0.15, 0.2) is 4.45 Å². The Morgan fingerprint density at radius 3 is 3.08 bits per heavy atom. The Bertz CT molecular complexity index is 651. The summed E-state index contributed by atoms with van der Waals surface area (Å²) in [6, 6.07) is 1.76. The number of halogens is 1. The van der Waals surface area contributed by atoms with E-state index in [1.54, 1.807) is 6.20 Å². The van der Waals surface area contributed by atoms with Gasteiger partial charge in [0.1, 0.15) is 5.84 Å². The Labute approximate surface area is 149 Å². The lowest BCUT2D eigenvalue weighted by atomic mass is 10.2. The number of hydrogen-bond donors (Lipinski definition) is 3. The third-order valence-electron chi connectivity index (χ3n) is 3.94. The predicted octanol–water partition coefficient (Wildman–Crippen LogP) is 1.59. The number of hydrogen-bond acceptors (Lipinski definition) is 7. The lowest BCUT2D eigenvalue weighted by Gasteiger charge is -2.22. The van der Waals surface area contributed by atoms with E-state index < -0.39 is 10.5 Å². The van der Waals surface area contributed by atoms with Crippen molar-refractivity contribution in [3.63, 3.8) is 0 Å². The molecule has 1 aliphatic heterocycles. The molecule has 0 radical (unpaired) electrons. The quantitative estimate of drug-likeness (QED) is 0.498. The highest BCUT2D eigenvalue weighted by atomic mass is 79.9. The van der Waals surface area contributed by atoms with Gasteiger partial charge in [0, 0.05) is 24.7 Å². The van der Waals surface area contributed by atoms with E-state index in [9.17, 15) is 4.79 Å². The van der Waals surface area contributed by atoms with Crippen LogP contribution in [0.5, 0.6) is 0 Å². The van der Waals surface area contributed by atoms with Crippen LogP contribution in [-0.4, -0.2) is 48.1 Å². The van der Waals surface area contributed by atoms with Crippen LogP contribution in [0.2, 0.25) is 0 Å². The zero-order chi connectivity index (χ0) is 17.2. The van der Waals surface area contributed by atoms with Crippen molar-refractivity contribution in [3.05, 3.63) is 18.0 Å². The van der Waals surface area contributed by atoms with Crippen molar-refractivity contribution in [2.75, 3.05) is 25.5 Å². The van der Waals surface area contributed by atoms with E-state index >= 15 is 0 Å². The third-order valence-corrected chi connectivity index (χ3v) is 4.79. The number of methoxy groups -OCH3 is 1. The van der Waals surface area contributed by atoms with Gasteiger partial charge in [-0.15, -0.1) is 0 Å². The summed E-state index contributed by atoms with van der Waals surface area (Å²) in [5, 5.41) is 9.25. The van der Waals surface area contributed by atoms with Gasteiger partial charge in [-0.1, -0.05) is 15.9 Å². The molecule has 1 amide bonds. The summed E-state index contributed by atoms with van der Waals surface area (Å²) < 4.78 is 4.10. The number of aliphatic imine (C=N–C) groups is 1. The summed E-state index contributed by atoms with van der Waals surface area (Å²) in [6.07, 6.45) is 3.66. The standard InChI is InChI=1S/C15H21BrN6O2/c1-9(20-14(23)24-2)7-18-13-17-6-5-11(21-13)15(16)8-19-12(22-15)10-3-4-10/h5-6,9-10H,3-4,7-8H2,1-2H3,(H,19,22)(H,20,23)(H,17,18,21)/t9-,15?/m0/s1. The van der Waals surface area contributed by atoms with Gasteiger partial charge in [0.05, 0.1) is 19.3 Å². The summed E-state index contributed by atoms with van der Waals surface area (Å²) in [7, 11) is 1.34. The minimum Gasteiger partial charge on any atom is -0.453 e. The van der Waals surface area contributed by atoms with Crippen molar-refractivity contribution in [3.8, 4) is 0 Å². The number of carbonyl (C=O) groups excluding carboxylic acids is 1. The number of nitrogens with zero attached hydrogens (tertiary/aromatic N) is 3. The second kappa shape index (κ2) is 6.92. The average Bonchev–Trinajstić information content (AvgIpc) is 3.35. The van der Waals surface area contributed by atoms with E-state index in [2.05, 4.69) is 51.6 Å². The molecule has 1 saturated carbocycles. The minimum atomic E-state index is -0.472. The van der Waals surface area contributed by atoms with Crippen LogP contribution in [0, 0.1) is 5.92 Å². The number of amidine groups is 1. The molecule has 3 N–H and O–H groups in total. The first kappa shape index (κ1) is 16.9. The minimum absolute atomic E-state index is 0.114. The molecule has 9 heteroatoms. The van der Waals surface area contributed by atoms with Gasteiger partial charge in [-0.3, -0.25) is 4.99 Å². The van der Waals surface area contributed by atoms with Crippen molar-refractivity contribution in [2.45, 2.75) is 30.3 Å². The number of anilines is 1. The van der Waals surface area contributed by atoms with Crippen molar-refractivity contribution in [1.82, 2.24) is 20.6 Å². The molecule has 2 atom stereocenters. The number of aromatic nitrogens is 2. The first-order valence-corrected chi connectivity index (χ1v) is 8.73. The molecule has 1 aromatic rings. The topological polar surface area (TPSA) is 101 Å². The largest absolute Gasteiger partial charge is 0.453 e. The van der Waals surface area contributed by atoms with Crippen LogP contribution >= 0.6 is 15.9 Å². The fraction of sp³-hybridized carbons (Fsp3) is 0.600. The maximum Gasteiger partial charge on any atom is 0.407 e. The highest BCUT2D eigenvalue weighted by Crippen LogP contribution is 2.37. The number of ether oxygens (including phenoxy) is 1. The highest BCUT2D eigenvalue weighted by molar-refractivity contribution is 9.09. The first-order valence-electron chi connectivity index (χ1n) is 7.93. The molecular weight excluding hydrogens is 376 g/mol. The van der Waals surface area contributed by atoms with Gasteiger partial charge in [-0.05, 0) is 25.8 Å². The highest BCUT2D eigenvalue weighted by Gasteiger charge is 2.41. The molecule has 2 aliphatic rings. The SMILES string of the molecule is COC(=O)N[C@@H](C)CNc1nccc(C2(Br)CN=C(C3CC3)N2)n1. The normalized spacial score (nSPS) is 23.9. The fourth-order valence-corrected chi connectivity index (χ4v) is 2.98. The Morgan fingerprint density at radius 2 is 2.38 bits per heavy atom. The monoisotopic (exact) mass is 396 g/mol. The Morgan fingerprint density at radius 1 is 1.58 bits per heavy atom. The molecule has 1 fully saturated rings. The summed E-state index contributed by atoms with van der Waals surface area (Å²) in [5.74, 6) is 2.15. The molecule has 0 aromatic carbocycles. The van der Waals surface area contributed by atoms with Crippen LogP contribution in [0.15, 0.2) is 17.3 Å². The first-order chi connectivity index (χ1) is 11.5. The maximum atomic E-state index is 11.2. The molecule has 3 rings (SSSR count). The molecule has 130 valence electrons. The molecule has 1 unspecified atom stereocenters. The van der Waals surface area contributed by atoms with Crippen LogP contribution in [0.3, 0.4) is 0 Å². The van der Waals surface area contributed by atoms with Gasteiger partial charge in [0.2, 0.25) is 5.95 Å². The third kappa shape index (κ3) is 3.95. The summed E-state index contributed by atoms with van der Waals surface area (Å²) in [4.78, 5) is 24.6. The Hall–Kier alpha value is -1.90. The van der Waals surface area contributed by atoms with E-state index in [1.165, 1.54) is 20.0 Å². The van der Waals surface area contributed by atoms with Crippen LogP contribution in [0.1, 0.15) is 25.5 Å². The summed E-state index contributed by atoms with van der Waals surface area (Å²) in [5.41, 5.74) is 0.827. The number of nitrogens with one attached hydrogen (secondary N) is 3. The number of amides is 1. The zero-order valence-corrected chi connectivity index (χ0v) is 15.3. The zero-order valence-electron chi connectivity index (χ0n) is 13.7. The van der Waals surface area contributed by atoms with Crippen LogP contribution in [0.4, 0.5) is 10.7 Å². The molecule has 1 aromatic heterocycles. The van der Waals surface area contributed by atoms with E-state index in [0.717, 1.165) is 11.5 Å². The lowest BCUT2D eigenvalue weighted by Crippen LogP contribution is -2.39. The fourth-order valence-electron chi connectivity index (χ4n) is 2.43. The van der Waals surface area contributed by atoms with Crippen molar-refractivity contribution in [2.24, 2.45) is 10.9 Å². The van der Waals surface area contributed by atoms with E-state index in [1.807, 2.05) is 13.0 Å². The Balaban J connectivity index is 1.59. The number of alkyl halides is 1. The average molecular weight is 397 g/mol. The molecule has 0 bridgehead atoms. The number of carbonyl (C=O) groups is 1. The second-order valence-corrected chi connectivity index (χ2v) is 7.44. The van der Waals surface area contributed by atoms with Gasteiger partial charge in [-0.25, -0.2) is 14.8 Å². The second-order valence-electron chi connectivity index (χ2n) is 6.09. The van der Waals surface area contributed by atoms with Gasteiger partial charge < -0.3 is 20.7 Å². The van der Waals surface area contributed by atoms with Gasteiger partial charge >= 0.3 is 6.09 Å². The van der Waals surface area contributed by atoms with Crippen LogP contribution in [0.25, 0.3) is 0 Å². The van der Waals surface area contributed by atoms with E-state index in [0.29, 0.717) is 25.0 Å².